The fraction of sp³-hybridized carbons (Fsp3) is 0.167. The molecule has 0 aliphatic carbocycles. The molecule has 4 nitrogen and oxygen atoms in total. The Hall–Kier alpha value is -1.62. The maximum atomic E-state index is 11.2. The third-order valence-corrected chi connectivity index (χ3v) is 3.25. The lowest BCUT2D eigenvalue weighted by Crippen LogP contribution is -2.36. The minimum Gasteiger partial charge on any atom is -0.351 e. The molecule has 88 valence electrons. The highest BCUT2D eigenvalue weighted by atomic mass is 79.9. The predicted octanol–water partition coefficient (Wildman–Crippen LogP) is 2.90. The van der Waals surface area contributed by atoms with E-state index < -0.39 is 6.03 Å². The van der Waals surface area contributed by atoms with E-state index in [1.54, 1.807) is 6.20 Å². The summed E-state index contributed by atoms with van der Waals surface area (Å²) in [6.45, 7) is 2.36. The number of anilines is 1. The predicted molar refractivity (Wildman–Crippen MR) is 72.0 cm³/mol. The number of rotatable bonds is 2. The number of primary amides is 1. The quantitative estimate of drug-likeness (QED) is 0.925. The number of hydrogen-bond acceptors (Lipinski definition) is 2. The Morgan fingerprint density at radius 2 is 2.29 bits per heavy atom. The molecule has 5 heteroatoms. The van der Waals surface area contributed by atoms with Crippen molar-refractivity contribution < 1.29 is 4.79 Å². The normalized spacial score (nSPS) is 10.5. The van der Waals surface area contributed by atoms with Crippen LogP contribution in [0.4, 0.5) is 10.6 Å². The van der Waals surface area contributed by atoms with Gasteiger partial charge in [0.15, 0.2) is 0 Å². The fourth-order valence-electron chi connectivity index (χ4n) is 1.70. The van der Waals surface area contributed by atoms with Gasteiger partial charge in [0.05, 0.1) is 0 Å². The van der Waals surface area contributed by atoms with Gasteiger partial charge in [0.2, 0.25) is 0 Å². The number of carbonyl (C=O) groups is 1. The first kappa shape index (κ1) is 11.9. The number of halogens is 1. The van der Waals surface area contributed by atoms with Gasteiger partial charge >= 0.3 is 6.03 Å². The highest BCUT2D eigenvalue weighted by Crippen LogP contribution is 2.26. The topological polar surface area (TPSA) is 59.2 Å². The Balaban J connectivity index is 2.57. The van der Waals surface area contributed by atoms with Gasteiger partial charge in [-0.1, -0.05) is 28.1 Å². The second-order valence-electron chi connectivity index (χ2n) is 3.59. The molecular formula is C12H12BrN3O. The van der Waals surface area contributed by atoms with E-state index in [9.17, 15) is 4.79 Å². The van der Waals surface area contributed by atoms with Gasteiger partial charge in [-0.05, 0) is 19.1 Å². The first-order chi connectivity index (χ1) is 8.13. The summed E-state index contributed by atoms with van der Waals surface area (Å²) in [4.78, 5) is 16.9. The van der Waals surface area contributed by atoms with Crippen molar-refractivity contribution in [2.24, 2.45) is 5.73 Å². The molecule has 0 bridgehead atoms. The first-order valence-corrected chi connectivity index (χ1v) is 6.04. The lowest BCUT2D eigenvalue weighted by molar-refractivity contribution is 0.254. The van der Waals surface area contributed by atoms with E-state index in [2.05, 4.69) is 20.9 Å². The number of fused-ring (bicyclic) bond motifs is 1. The molecule has 2 amide bonds. The average Bonchev–Trinajstić information content (AvgIpc) is 2.30. The maximum Gasteiger partial charge on any atom is 0.320 e. The van der Waals surface area contributed by atoms with E-state index in [4.69, 9.17) is 5.73 Å². The maximum absolute atomic E-state index is 11.2. The van der Waals surface area contributed by atoms with Crippen molar-refractivity contribution in [2.75, 3.05) is 11.4 Å². The molecule has 0 saturated carbocycles. The monoisotopic (exact) mass is 293 g/mol. The van der Waals surface area contributed by atoms with Gasteiger partial charge < -0.3 is 5.73 Å². The van der Waals surface area contributed by atoms with Crippen LogP contribution in [0.1, 0.15) is 6.92 Å². The second kappa shape index (κ2) is 4.71. The summed E-state index contributed by atoms with van der Waals surface area (Å²) in [5.74, 6) is 0.569. The van der Waals surface area contributed by atoms with Crippen LogP contribution in [-0.2, 0) is 0 Å². The minimum absolute atomic E-state index is 0.494. The molecule has 0 unspecified atom stereocenters. The minimum atomic E-state index is -0.494. The lowest BCUT2D eigenvalue weighted by atomic mass is 10.2. The van der Waals surface area contributed by atoms with Gasteiger partial charge in [-0.15, -0.1) is 0 Å². The number of carbonyl (C=O) groups excluding carboxylic acids is 1. The largest absolute Gasteiger partial charge is 0.351 e. The highest BCUT2D eigenvalue weighted by molar-refractivity contribution is 9.10. The van der Waals surface area contributed by atoms with Gasteiger partial charge in [0.1, 0.15) is 5.82 Å². The summed E-state index contributed by atoms with van der Waals surface area (Å²) >= 11 is 3.48. The van der Waals surface area contributed by atoms with Gasteiger partial charge in [0.25, 0.3) is 0 Å². The third-order valence-electron chi connectivity index (χ3n) is 2.55. The summed E-state index contributed by atoms with van der Waals surface area (Å²) in [5, 5.41) is 2.03. The molecule has 0 atom stereocenters. The number of aromatic nitrogens is 1. The molecular weight excluding hydrogens is 282 g/mol. The van der Waals surface area contributed by atoms with E-state index in [0.29, 0.717) is 12.4 Å². The van der Waals surface area contributed by atoms with Crippen LogP contribution in [0.5, 0.6) is 0 Å². The molecule has 0 fully saturated rings. The van der Waals surface area contributed by atoms with Crippen molar-refractivity contribution in [3.8, 4) is 0 Å². The zero-order valence-electron chi connectivity index (χ0n) is 9.35. The van der Waals surface area contributed by atoms with E-state index in [1.807, 2.05) is 31.2 Å². The Morgan fingerprint density at radius 1 is 1.53 bits per heavy atom. The standard InChI is InChI=1S/C12H12BrN3O/c1-2-16(12(14)17)11-6-9-8(7-15-11)4-3-5-10(9)13/h3-7H,2H2,1H3,(H2,14,17). The van der Waals surface area contributed by atoms with Gasteiger partial charge in [-0.2, -0.15) is 0 Å². The number of nitrogens with zero attached hydrogens (tertiary/aromatic N) is 2. The van der Waals surface area contributed by atoms with E-state index >= 15 is 0 Å². The second-order valence-corrected chi connectivity index (χ2v) is 4.44. The summed E-state index contributed by atoms with van der Waals surface area (Å²) < 4.78 is 0.971. The number of urea groups is 1. The van der Waals surface area contributed by atoms with Crippen LogP contribution in [-0.4, -0.2) is 17.6 Å². The van der Waals surface area contributed by atoms with Crippen LogP contribution < -0.4 is 10.6 Å². The first-order valence-electron chi connectivity index (χ1n) is 5.24. The summed E-state index contributed by atoms with van der Waals surface area (Å²) in [6, 6.07) is 7.23. The van der Waals surface area contributed by atoms with E-state index in [0.717, 1.165) is 15.2 Å². The van der Waals surface area contributed by atoms with E-state index in [1.165, 1.54) is 4.90 Å². The van der Waals surface area contributed by atoms with Crippen LogP contribution in [0, 0.1) is 0 Å². The molecule has 2 N–H and O–H groups in total. The third kappa shape index (κ3) is 2.24. The summed E-state index contributed by atoms with van der Waals surface area (Å²) in [5.41, 5.74) is 5.30. The van der Waals surface area contributed by atoms with Crippen molar-refractivity contribution >= 4 is 38.6 Å². The fourth-order valence-corrected chi connectivity index (χ4v) is 2.19. The lowest BCUT2D eigenvalue weighted by Gasteiger charge is -2.17. The number of amides is 2. The molecule has 0 aliphatic heterocycles. The smallest absolute Gasteiger partial charge is 0.320 e. The van der Waals surface area contributed by atoms with Crippen molar-refractivity contribution in [3.63, 3.8) is 0 Å². The number of nitrogens with two attached hydrogens (primary N) is 1. The van der Waals surface area contributed by atoms with Gasteiger partial charge in [-0.25, -0.2) is 9.78 Å². The Labute approximate surface area is 108 Å². The summed E-state index contributed by atoms with van der Waals surface area (Å²) in [7, 11) is 0. The number of pyridine rings is 1. The highest BCUT2D eigenvalue weighted by Gasteiger charge is 2.12. The van der Waals surface area contributed by atoms with Crippen LogP contribution in [0.15, 0.2) is 34.9 Å². The van der Waals surface area contributed by atoms with Crippen LogP contribution in [0.2, 0.25) is 0 Å². The molecule has 0 saturated heterocycles. The van der Waals surface area contributed by atoms with Crippen molar-refractivity contribution in [2.45, 2.75) is 6.92 Å². The van der Waals surface area contributed by atoms with Gasteiger partial charge in [0, 0.05) is 28.0 Å². The SMILES string of the molecule is CCN(C(N)=O)c1cc2c(Br)cccc2cn1. The Kier molecular flexibility index (Phi) is 3.28. The number of benzene rings is 1. The Bertz CT molecular complexity index is 571. The van der Waals surface area contributed by atoms with Gasteiger partial charge in [-0.3, -0.25) is 4.90 Å². The molecule has 17 heavy (non-hydrogen) atoms. The van der Waals surface area contributed by atoms with Crippen LogP contribution in [0.3, 0.4) is 0 Å². The molecule has 2 aromatic rings. The number of hydrogen-bond donors (Lipinski definition) is 1. The average molecular weight is 294 g/mol. The molecule has 2 rings (SSSR count). The molecule has 0 spiro atoms. The molecule has 1 aromatic heterocycles. The summed E-state index contributed by atoms with van der Waals surface area (Å²) in [6.07, 6.45) is 1.74. The van der Waals surface area contributed by atoms with Crippen molar-refractivity contribution in [1.29, 1.82) is 0 Å². The molecule has 0 aliphatic rings. The van der Waals surface area contributed by atoms with Crippen LogP contribution >= 0.6 is 15.9 Å². The molecule has 1 heterocycles. The van der Waals surface area contributed by atoms with Crippen molar-refractivity contribution in [1.82, 2.24) is 4.98 Å². The van der Waals surface area contributed by atoms with Crippen molar-refractivity contribution in [3.05, 3.63) is 34.9 Å². The Morgan fingerprint density at radius 3 is 2.94 bits per heavy atom. The van der Waals surface area contributed by atoms with E-state index in [-0.39, 0.29) is 0 Å². The zero-order valence-corrected chi connectivity index (χ0v) is 10.9. The molecule has 0 radical (unpaired) electrons. The van der Waals surface area contributed by atoms with Crippen LogP contribution in [0.25, 0.3) is 10.8 Å². The zero-order chi connectivity index (χ0) is 12.4. The molecule has 1 aromatic carbocycles.